The highest BCUT2D eigenvalue weighted by atomic mass is 35.5. The van der Waals surface area contributed by atoms with Crippen molar-refractivity contribution in [1.82, 2.24) is 9.97 Å². The van der Waals surface area contributed by atoms with Crippen molar-refractivity contribution < 1.29 is 0 Å². The molecule has 18 heavy (non-hydrogen) atoms. The predicted molar refractivity (Wildman–Crippen MR) is 76.8 cm³/mol. The topological polar surface area (TPSA) is 51.8 Å². The van der Waals surface area contributed by atoms with Gasteiger partial charge in [-0.3, -0.25) is 0 Å². The number of rotatable bonds is 2. The van der Waals surface area contributed by atoms with Gasteiger partial charge >= 0.3 is 0 Å². The van der Waals surface area contributed by atoms with Gasteiger partial charge in [0.05, 0.1) is 0 Å². The van der Waals surface area contributed by atoms with E-state index in [0.29, 0.717) is 5.15 Å². The summed E-state index contributed by atoms with van der Waals surface area (Å²) in [4.78, 5) is 8.08. The lowest BCUT2D eigenvalue weighted by molar-refractivity contribution is 1.03. The molecule has 1 aromatic heterocycles. The van der Waals surface area contributed by atoms with Crippen molar-refractivity contribution in [2.24, 2.45) is 0 Å². The van der Waals surface area contributed by atoms with Crippen LogP contribution in [0.4, 0.5) is 5.95 Å². The first-order valence-corrected chi connectivity index (χ1v) is 6.37. The molecule has 96 valence electrons. The van der Waals surface area contributed by atoms with Crippen LogP contribution in [0.1, 0.15) is 30.7 Å². The molecule has 1 aromatic carbocycles. The number of halogens is 1. The highest BCUT2D eigenvalue weighted by Gasteiger charge is 2.09. The van der Waals surface area contributed by atoms with Crippen LogP contribution in [0.3, 0.4) is 0 Å². The van der Waals surface area contributed by atoms with Crippen molar-refractivity contribution in [1.29, 1.82) is 0 Å². The van der Waals surface area contributed by atoms with E-state index in [9.17, 15) is 0 Å². The molecule has 0 fully saturated rings. The summed E-state index contributed by atoms with van der Waals surface area (Å²) in [5.74, 6) is 0.222. The highest BCUT2D eigenvalue weighted by molar-refractivity contribution is 6.30. The first kappa shape index (κ1) is 14.5. The maximum Gasteiger partial charge on any atom is 0.221 e. The van der Waals surface area contributed by atoms with Gasteiger partial charge in [0, 0.05) is 17.7 Å². The van der Waals surface area contributed by atoms with Gasteiger partial charge in [0.1, 0.15) is 5.15 Å². The normalized spacial score (nSPS) is 9.56. The third-order valence-electron chi connectivity index (χ3n) is 2.40. The van der Waals surface area contributed by atoms with E-state index in [1.54, 1.807) is 0 Å². The zero-order valence-electron chi connectivity index (χ0n) is 10.9. The minimum Gasteiger partial charge on any atom is -0.368 e. The van der Waals surface area contributed by atoms with Crippen LogP contribution < -0.4 is 5.73 Å². The summed E-state index contributed by atoms with van der Waals surface area (Å²) in [5.41, 5.74) is 8.46. The minimum absolute atomic E-state index is 0.222. The predicted octanol–water partition coefficient (Wildman–Crippen LogP) is 3.64. The Balaban J connectivity index is 0.000000771. The fourth-order valence-electron chi connectivity index (χ4n) is 1.58. The molecule has 0 amide bonds. The summed E-state index contributed by atoms with van der Waals surface area (Å²) < 4.78 is 0. The molecular weight excluding hydrogens is 246 g/mol. The monoisotopic (exact) mass is 263 g/mol. The number of nitrogens with zero attached hydrogens (tertiary/aromatic N) is 2. The largest absolute Gasteiger partial charge is 0.368 e. The highest BCUT2D eigenvalue weighted by Crippen LogP contribution is 2.20. The minimum atomic E-state index is 0.222. The lowest BCUT2D eigenvalue weighted by Gasteiger charge is -2.07. The van der Waals surface area contributed by atoms with E-state index in [2.05, 4.69) is 9.97 Å². The summed E-state index contributed by atoms with van der Waals surface area (Å²) in [6, 6.07) is 10.1. The van der Waals surface area contributed by atoms with E-state index < -0.39 is 0 Å². The lowest BCUT2D eigenvalue weighted by atomic mass is 10.1. The Hall–Kier alpha value is -1.61. The molecule has 0 aliphatic carbocycles. The van der Waals surface area contributed by atoms with Crippen molar-refractivity contribution in [3.05, 3.63) is 52.3 Å². The molecule has 2 aromatic rings. The van der Waals surface area contributed by atoms with E-state index in [4.69, 9.17) is 17.3 Å². The van der Waals surface area contributed by atoms with Crippen molar-refractivity contribution in [3.63, 3.8) is 0 Å². The fraction of sp³-hybridized carbons (Fsp3) is 0.286. The first-order valence-electron chi connectivity index (χ1n) is 5.99. The molecule has 1 heterocycles. The molecule has 0 aliphatic rings. The van der Waals surface area contributed by atoms with E-state index in [0.717, 1.165) is 17.7 Å². The van der Waals surface area contributed by atoms with E-state index >= 15 is 0 Å². The number of nitrogens with two attached hydrogens (primary N) is 1. The Morgan fingerprint density at radius 3 is 2.28 bits per heavy atom. The van der Waals surface area contributed by atoms with Crippen LogP contribution in [0.15, 0.2) is 30.3 Å². The molecular formula is C14H18ClN3. The zero-order valence-corrected chi connectivity index (χ0v) is 11.7. The maximum absolute atomic E-state index is 6.05. The van der Waals surface area contributed by atoms with Crippen LogP contribution in [-0.4, -0.2) is 9.97 Å². The van der Waals surface area contributed by atoms with Crippen LogP contribution in [0.5, 0.6) is 0 Å². The second kappa shape index (κ2) is 6.97. The number of aromatic nitrogens is 2. The molecule has 0 saturated heterocycles. The number of anilines is 1. The SMILES string of the molecule is CC.Cc1nc(N)nc(Cl)c1Cc1ccccc1. The molecule has 0 spiro atoms. The van der Waals surface area contributed by atoms with E-state index in [-0.39, 0.29) is 5.95 Å². The smallest absolute Gasteiger partial charge is 0.221 e. The molecule has 2 N–H and O–H groups in total. The summed E-state index contributed by atoms with van der Waals surface area (Å²) in [6.07, 6.45) is 0.728. The van der Waals surface area contributed by atoms with Crippen LogP contribution >= 0.6 is 11.6 Å². The van der Waals surface area contributed by atoms with Gasteiger partial charge in [0.15, 0.2) is 0 Å². The quantitative estimate of drug-likeness (QED) is 0.842. The Morgan fingerprint density at radius 1 is 1.11 bits per heavy atom. The standard InChI is InChI=1S/C12H12ClN3.C2H6/c1-8-10(11(13)16-12(14)15-8)7-9-5-3-2-4-6-9;1-2/h2-6H,7H2,1H3,(H2,14,15,16);1-2H3. The summed E-state index contributed by atoms with van der Waals surface area (Å²) in [6.45, 7) is 5.89. The van der Waals surface area contributed by atoms with Crippen molar-refractivity contribution in [2.45, 2.75) is 27.2 Å². The average Bonchev–Trinajstić information content (AvgIpc) is 2.37. The van der Waals surface area contributed by atoms with Crippen LogP contribution in [0.25, 0.3) is 0 Å². The third-order valence-corrected chi connectivity index (χ3v) is 2.72. The van der Waals surface area contributed by atoms with Gasteiger partial charge in [-0.15, -0.1) is 0 Å². The van der Waals surface area contributed by atoms with Crippen molar-refractivity contribution in [2.75, 3.05) is 5.73 Å². The van der Waals surface area contributed by atoms with Crippen LogP contribution in [-0.2, 0) is 6.42 Å². The van der Waals surface area contributed by atoms with Gasteiger partial charge in [0.2, 0.25) is 5.95 Å². The number of nitrogen functional groups attached to an aromatic ring is 1. The van der Waals surface area contributed by atoms with Crippen molar-refractivity contribution >= 4 is 17.5 Å². The summed E-state index contributed by atoms with van der Waals surface area (Å²) in [7, 11) is 0. The van der Waals surface area contributed by atoms with Gasteiger partial charge in [-0.25, -0.2) is 9.97 Å². The molecule has 0 unspecified atom stereocenters. The van der Waals surface area contributed by atoms with Gasteiger partial charge < -0.3 is 5.73 Å². The number of hydrogen-bond donors (Lipinski definition) is 1. The Morgan fingerprint density at radius 2 is 1.72 bits per heavy atom. The lowest BCUT2D eigenvalue weighted by Crippen LogP contribution is -2.03. The first-order chi connectivity index (χ1) is 8.66. The summed E-state index contributed by atoms with van der Waals surface area (Å²) >= 11 is 6.05. The van der Waals surface area contributed by atoms with Gasteiger partial charge in [-0.1, -0.05) is 55.8 Å². The molecule has 0 atom stereocenters. The Kier molecular flexibility index (Phi) is 5.59. The van der Waals surface area contributed by atoms with Gasteiger partial charge in [0.25, 0.3) is 0 Å². The third kappa shape index (κ3) is 3.70. The Labute approximate surface area is 113 Å². The molecule has 0 bridgehead atoms. The molecule has 0 aliphatic heterocycles. The van der Waals surface area contributed by atoms with Gasteiger partial charge in [-0.05, 0) is 12.5 Å². The second-order valence-corrected chi connectivity index (χ2v) is 3.96. The average molecular weight is 264 g/mol. The molecule has 2 rings (SSSR count). The number of benzene rings is 1. The van der Waals surface area contributed by atoms with E-state index in [1.165, 1.54) is 5.56 Å². The molecule has 0 saturated carbocycles. The number of aryl methyl sites for hydroxylation is 1. The molecule has 4 heteroatoms. The zero-order chi connectivity index (χ0) is 13.5. The van der Waals surface area contributed by atoms with E-state index in [1.807, 2.05) is 51.1 Å². The molecule has 3 nitrogen and oxygen atoms in total. The summed E-state index contributed by atoms with van der Waals surface area (Å²) in [5, 5.41) is 0.439. The van der Waals surface area contributed by atoms with Crippen LogP contribution in [0.2, 0.25) is 5.15 Å². The Bertz CT molecular complexity index is 475. The maximum atomic E-state index is 6.05. The van der Waals surface area contributed by atoms with Crippen LogP contribution in [0, 0.1) is 6.92 Å². The fourth-order valence-corrected chi connectivity index (χ4v) is 1.87. The number of hydrogen-bond acceptors (Lipinski definition) is 3. The van der Waals surface area contributed by atoms with Crippen molar-refractivity contribution in [3.8, 4) is 0 Å². The second-order valence-electron chi connectivity index (χ2n) is 3.60. The van der Waals surface area contributed by atoms with Gasteiger partial charge in [-0.2, -0.15) is 0 Å². The molecule has 0 radical (unpaired) electrons.